The van der Waals surface area contributed by atoms with E-state index in [0.29, 0.717) is 47.0 Å². The maximum Gasteiger partial charge on any atom is 0.251 e. The Morgan fingerprint density at radius 3 is 2.73 bits per heavy atom. The smallest absolute Gasteiger partial charge is 0.251 e. The Kier molecular flexibility index (Phi) is 6.68. The summed E-state index contributed by atoms with van der Waals surface area (Å²) < 4.78 is 7.24. The van der Waals surface area contributed by atoms with Crippen molar-refractivity contribution in [2.45, 2.75) is 13.1 Å². The van der Waals surface area contributed by atoms with Crippen LogP contribution in [-0.2, 0) is 13.1 Å². The number of ether oxygens (including phenoxy) is 1. The summed E-state index contributed by atoms with van der Waals surface area (Å²) in [5.41, 5.74) is 6.08. The van der Waals surface area contributed by atoms with Crippen LogP contribution in [0.15, 0.2) is 97.5 Å². The summed E-state index contributed by atoms with van der Waals surface area (Å²) in [6.07, 6.45) is 5.35. The Balaban J connectivity index is 1.18. The summed E-state index contributed by atoms with van der Waals surface area (Å²) in [5, 5.41) is 18.0. The topological polar surface area (TPSA) is 118 Å². The SMILES string of the molecule is COc1ncccc1-c1ccc(O)c(-c2nc3ccc(C(=O)NCc4cnn(Cc5ccccc5)c4)cc3[nH]2)c1. The molecule has 0 bridgehead atoms. The molecule has 198 valence electrons. The lowest BCUT2D eigenvalue weighted by Crippen LogP contribution is -2.22. The Morgan fingerprint density at radius 1 is 1.00 bits per heavy atom. The third-order valence-electron chi connectivity index (χ3n) is 6.60. The van der Waals surface area contributed by atoms with Gasteiger partial charge in [-0.25, -0.2) is 9.97 Å². The Hall–Kier alpha value is -5.44. The summed E-state index contributed by atoms with van der Waals surface area (Å²) in [6, 6.07) is 24.3. The minimum atomic E-state index is -0.206. The maximum atomic E-state index is 12.9. The fourth-order valence-corrected chi connectivity index (χ4v) is 4.58. The average molecular weight is 531 g/mol. The minimum absolute atomic E-state index is 0.0800. The lowest BCUT2D eigenvalue weighted by atomic mass is 10.0. The molecule has 0 saturated heterocycles. The number of phenols is 1. The first kappa shape index (κ1) is 24.9. The van der Waals surface area contributed by atoms with E-state index in [2.05, 4.69) is 37.5 Å². The van der Waals surface area contributed by atoms with E-state index >= 15 is 0 Å². The molecule has 3 N–H and O–H groups in total. The molecular weight excluding hydrogens is 504 g/mol. The molecule has 0 aliphatic heterocycles. The largest absolute Gasteiger partial charge is 0.507 e. The van der Waals surface area contributed by atoms with Crippen molar-refractivity contribution < 1.29 is 14.6 Å². The fourth-order valence-electron chi connectivity index (χ4n) is 4.58. The van der Waals surface area contributed by atoms with Gasteiger partial charge in [-0.1, -0.05) is 36.4 Å². The minimum Gasteiger partial charge on any atom is -0.507 e. The molecule has 0 radical (unpaired) electrons. The Morgan fingerprint density at radius 2 is 1.88 bits per heavy atom. The van der Waals surface area contributed by atoms with Gasteiger partial charge in [-0.05, 0) is 53.6 Å². The highest BCUT2D eigenvalue weighted by molar-refractivity contribution is 5.97. The van der Waals surface area contributed by atoms with Gasteiger partial charge >= 0.3 is 0 Å². The lowest BCUT2D eigenvalue weighted by molar-refractivity contribution is 0.0951. The number of methoxy groups -OCH3 is 1. The van der Waals surface area contributed by atoms with Crippen molar-refractivity contribution in [3.63, 3.8) is 0 Å². The number of aromatic amines is 1. The molecule has 0 saturated carbocycles. The summed E-state index contributed by atoms with van der Waals surface area (Å²) in [4.78, 5) is 25.1. The van der Waals surface area contributed by atoms with Crippen LogP contribution in [0.4, 0.5) is 0 Å². The number of H-pyrrole nitrogens is 1. The predicted octanol–water partition coefficient (Wildman–Crippen LogP) is 5.18. The first-order chi connectivity index (χ1) is 19.6. The second kappa shape index (κ2) is 10.7. The predicted molar refractivity (Wildman–Crippen MR) is 152 cm³/mol. The molecule has 40 heavy (non-hydrogen) atoms. The number of hydrogen-bond acceptors (Lipinski definition) is 6. The lowest BCUT2D eigenvalue weighted by Gasteiger charge is -2.09. The first-order valence-corrected chi connectivity index (χ1v) is 12.7. The number of hydrogen-bond donors (Lipinski definition) is 3. The van der Waals surface area contributed by atoms with Crippen LogP contribution in [0, 0.1) is 0 Å². The number of imidazole rings is 1. The van der Waals surface area contributed by atoms with Crippen molar-refractivity contribution in [2.24, 2.45) is 0 Å². The molecule has 1 amide bonds. The summed E-state index contributed by atoms with van der Waals surface area (Å²) >= 11 is 0. The number of aromatic nitrogens is 5. The van der Waals surface area contributed by atoms with Gasteiger partial charge in [-0.3, -0.25) is 9.48 Å². The number of nitrogens with one attached hydrogen (secondary N) is 2. The van der Waals surface area contributed by atoms with E-state index in [0.717, 1.165) is 22.3 Å². The van der Waals surface area contributed by atoms with Crippen LogP contribution >= 0.6 is 0 Å². The number of nitrogens with zero attached hydrogens (tertiary/aromatic N) is 4. The van der Waals surface area contributed by atoms with Crippen molar-refractivity contribution in [2.75, 3.05) is 7.11 Å². The summed E-state index contributed by atoms with van der Waals surface area (Å²) in [7, 11) is 1.57. The number of rotatable bonds is 8. The third-order valence-corrected chi connectivity index (χ3v) is 6.60. The normalized spacial score (nSPS) is 11.0. The van der Waals surface area contributed by atoms with E-state index in [1.54, 1.807) is 49.8 Å². The number of aromatic hydroxyl groups is 1. The third kappa shape index (κ3) is 5.12. The molecule has 0 spiro atoms. The van der Waals surface area contributed by atoms with Gasteiger partial charge in [0, 0.05) is 35.6 Å². The molecule has 3 aromatic heterocycles. The summed E-state index contributed by atoms with van der Waals surface area (Å²) in [6.45, 7) is 1.03. The van der Waals surface area contributed by atoms with Gasteiger partial charge in [0.05, 0.1) is 36.4 Å². The monoisotopic (exact) mass is 530 g/mol. The Bertz CT molecular complexity index is 1810. The van der Waals surface area contributed by atoms with Crippen LogP contribution in [0.5, 0.6) is 11.6 Å². The highest BCUT2D eigenvalue weighted by Gasteiger charge is 2.15. The van der Waals surface area contributed by atoms with Gasteiger partial charge in [0.25, 0.3) is 5.91 Å². The fraction of sp³-hybridized carbons (Fsp3) is 0.0968. The van der Waals surface area contributed by atoms with Crippen molar-refractivity contribution in [3.05, 3.63) is 114 Å². The summed E-state index contributed by atoms with van der Waals surface area (Å²) in [5.74, 6) is 0.849. The van der Waals surface area contributed by atoms with Crippen LogP contribution in [0.3, 0.4) is 0 Å². The molecule has 0 fully saturated rings. The van der Waals surface area contributed by atoms with Gasteiger partial charge in [0.2, 0.25) is 5.88 Å². The van der Waals surface area contributed by atoms with E-state index in [4.69, 9.17) is 4.74 Å². The van der Waals surface area contributed by atoms with Gasteiger partial charge < -0.3 is 20.1 Å². The molecule has 0 aliphatic rings. The van der Waals surface area contributed by atoms with Crippen molar-refractivity contribution in [3.8, 4) is 34.1 Å². The second-order valence-corrected chi connectivity index (χ2v) is 9.32. The number of amides is 1. The van der Waals surface area contributed by atoms with E-state index in [-0.39, 0.29) is 11.7 Å². The van der Waals surface area contributed by atoms with Crippen LogP contribution in [-0.4, -0.2) is 42.9 Å². The van der Waals surface area contributed by atoms with Crippen LogP contribution in [0.1, 0.15) is 21.5 Å². The zero-order chi connectivity index (χ0) is 27.5. The highest BCUT2D eigenvalue weighted by Crippen LogP contribution is 2.35. The molecule has 0 aliphatic carbocycles. The average Bonchev–Trinajstić information content (AvgIpc) is 3.63. The second-order valence-electron chi connectivity index (χ2n) is 9.32. The molecule has 0 unspecified atom stereocenters. The van der Waals surface area contributed by atoms with Gasteiger partial charge in [0.1, 0.15) is 11.6 Å². The van der Waals surface area contributed by atoms with Crippen LogP contribution < -0.4 is 10.1 Å². The number of phenolic OH excluding ortho intramolecular Hbond substituents is 1. The molecule has 6 aromatic rings. The maximum absolute atomic E-state index is 12.9. The van der Waals surface area contributed by atoms with Gasteiger partial charge in [-0.2, -0.15) is 5.10 Å². The van der Waals surface area contributed by atoms with Gasteiger partial charge in [0.15, 0.2) is 0 Å². The van der Waals surface area contributed by atoms with Crippen molar-refractivity contribution >= 4 is 16.9 Å². The van der Waals surface area contributed by atoms with Crippen molar-refractivity contribution in [1.29, 1.82) is 0 Å². The molecular formula is C31H26N6O3. The van der Waals surface area contributed by atoms with E-state index in [9.17, 15) is 9.90 Å². The van der Waals surface area contributed by atoms with E-state index in [1.165, 1.54) is 0 Å². The molecule has 9 heteroatoms. The van der Waals surface area contributed by atoms with Crippen LogP contribution in [0.25, 0.3) is 33.5 Å². The molecule has 6 rings (SSSR count). The molecule has 9 nitrogen and oxygen atoms in total. The van der Waals surface area contributed by atoms with Crippen molar-refractivity contribution in [1.82, 2.24) is 30.0 Å². The van der Waals surface area contributed by atoms with E-state index < -0.39 is 0 Å². The Labute approximate surface area is 230 Å². The number of pyridine rings is 1. The molecule has 3 aromatic carbocycles. The number of benzene rings is 3. The quantitative estimate of drug-likeness (QED) is 0.250. The zero-order valence-electron chi connectivity index (χ0n) is 21.7. The zero-order valence-corrected chi connectivity index (χ0v) is 21.7. The van der Waals surface area contributed by atoms with Crippen LogP contribution in [0.2, 0.25) is 0 Å². The highest BCUT2D eigenvalue weighted by atomic mass is 16.5. The number of fused-ring (bicyclic) bond motifs is 1. The molecule has 3 heterocycles. The molecule has 0 atom stereocenters. The van der Waals surface area contributed by atoms with E-state index in [1.807, 2.05) is 47.3 Å². The number of carbonyl (C=O) groups excluding carboxylic acids is 1. The van der Waals surface area contributed by atoms with Gasteiger partial charge in [-0.15, -0.1) is 0 Å². The standard InChI is InChI=1S/C31H26N6O3/c1-40-31-24(8-5-13-32-31)22-10-12-28(38)25(14-22)29-35-26-11-9-23(15-27(26)36-29)30(39)33-16-21-17-34-37(19-21)18-20-6-3-2-4-7-20/h2-15,17,19,38H,16,18H2,1H3,(H,33,39)(H,35,36). The first-order valence-electron chi connectivity index (χ1n) is 12.7. The number of carbonyl (C=O) groups is 1.